The van der Waals surface area contributed by atoms with Crippen molar-refractivity contribution in [2.45, 2.75) is 24.7 Å². The molecule has 0 aliphatic heterocycles. The quantitative estimate of drug-likeness (QED) is 0.700. The van der Waals surface area contributed by atoms with Crippen LogP contribution in [0.3, 0.4) is 0 Å². The van der Waals surface area contributed by atoms with Gasteiger partial charge in [-0.25, -0.2) is 0 Å². The van der Waals surface area contributed by atoms with E-state index in [1.165, 1.54) is 0 Å². The second-order valence-electron chi connectivity index (χ2n) is 5.91. The van der Waals surface area contributed by atoms with E-state index in [0.717, 1.165) is 30.6 Å². The Kier molecular flexibility index (Phi) is 6.42. The Bertz CT molecular complexity index is 505. The Labute approximate surface area is 138 Å². The van der Waals surface area contributed by atoms with Gasteiger partial charge in [0, 0.05) is 32.9 Å². The second-order valence-corrected chi connectivity index (χ2v) is 5.91. The molecule has 1 aromatic rings. The number of hydrogen-bond acceptors (Lipinski definition) is 4. The van der Waals surface area contributed by atoms with Gasteiger partial charge in [-0.05, 0) is 18.9 Å². The number of rotatable bonds is 9. The zero-order valence-corrected chi connectivity index (χ0v) is 14.3. The van der Waals surface area contributed by atoms with Gasteiger partial charge in [-0.2, -0.15) is 0 Å². The summed E-state index contributed by atoms with van der Waals surface area (Å²) in [7, 11) is 4.96. The van der Waals surface area contributed by atoms with Crippen LogP contribution >= 0.6 is 0 Å². The van der Waals surface area contributed by atoms with Gasteiger partial charge < -0.3 is 19.1 Å². The van der Waals surface area contributed by atoms with Gasteiger partial charge in [0.2, 0.25) is 5.91 Å². The van der Waals surface area contributed by atoms with E-state index in [1.54, 1.807) is 21.3 Å². The molecule has 1 aromatic carbocycles. The number of carbonyl (C=O) groups is 1. The number of ether oxygens (including phenoxy) is 3. The molecule has 0 N–H and O–H groups in total. The first-order valence-corrected chi connectivity index (χ1v) is 8.10. The number of amides is 1. The van der Waals surface area contributed by atoms with E-state index >= 15 is 0 Å². The summed E-state index contributed by atoms with van der Waals surface area (Å²) < 4.78 is 15.8. The highest BCUT2D eigenvalue weighted by Crippen LogP contribution is 2.48. The smallest absolute Gasteiger partial charge is 0.233 e. The van der Waals surface area contributed by atoms with Crippen LogP contribution in [0.1, 0.15) is 24.8 Å². The fraction of sp³-hybridized carbons (Fsp3) is 0.611. The van der Waals surface area contributed by atoms with Crippen LogP contribution in [-0.4, -0.2) is 58.4 Å². The first-order chi connectivity index (χ1) is 11.2. The van der Waals surface area contributed by atoms with Gasteiger partial charge in [-0.1, -0.05) is 24.6 Å². The first kappa shape index (κ1) is 17.8. The molecule has 0 radical (unpaired) electrons. The molecule has 1 aliphatic rings. The van der Waals surface area contributed by atoms with Gasteiger partial charge in [0.1, 0.15) is 5.75 Å². The number of hydrogen-bond donors (Lipinski definition) is 0. The summed E-state index contributed by atoms with van der Waals surface area (Å²) >= 11 is 0. The zero-order valence-electron chi connectivity index (χ0n) is 14.3. The molecular weight excluding hydrogens is 294 g/mol. The van der Waals surface area contributed by atoms with Crippen LogP contribution in [0.15, 0.2) is 24.3 Å². The van der Waals surface area contributed by atoms with Gasteiger partial charge in [0.25, 0.3) is 0 Å². The van der Waals surface area contributed by atoms with E-state index < -0.39 is 5.41 Å². The van der Waals surface area contributed by atoms with Crippen LogP contribution < -0.4 is 4.74 Å². The zero-order chi connectivity index (χ0) is 16.7. The number of nitrogens with zero attached hydrogens (tertiary/aromatic N) is 1. The lowest BCUT2D eigenvalue weighted by Gasteiger charge is -2.44. The Morgan fingerprint density at radius 3 is 2.17 bits per heavy atom. The minimum absolute atomic E-state index is 0.155. The van der Waals surface area contributed by atoms with Crippen molar-refractivity contribution in [1.29, 1.82) is 0 Å². The number of benzene rings is 1. The molecule has 1 saturated carbocycles. The molecule has 1 amide bonds. The highest BCUT2D eigenvalue weighted by molar-refractivity contribution is 5.90. The van der Waals surface area contributed by atoms with Crippen LogP contribution in [0.25, 0.3) is 0 Å². The molecule has 0 atom stereocenters. The summed E-state index contributed by atoms with van der Waals surface area (Å²) in [5.74, 6) is 0.946. The Hall–Kier alpha value is -1.59. The van der Waals surface area contributed by atoms with Crippen molar-refractivity contribution in [3.8, 4) is 5.75 Å². The van der Waals surface area contributed by atoms with E-state index in [9.17, 15) is 4.79 Å². The topological polar surface area (TPSA) is 48.0 Å². The van der Waals surface area contributed by atoms with Crippen molar-refractivity contribution < 1.29 is 19.0 Å². The summed E-state index contributed by atoms with van der Waals surface area (Å²) in [5.41, 5.74) is 0.534. The molecule has 128 valence electrons. The summed E-state index contributed by atoms with van der Waals surface area (Å²) in [6, 6.07) is 7.85. The minimum atomic E-state index is -0.464. The lowest BCUT2D eigenvalue weighted by molar-refractivity contribution is -0.142. The maximum Gasteiger partial charge on any atom is 0.233 e. The lowest BCUT2D eigenvalue weighted by Crippen LogP contribution is -2.52. The third-order valence-corrected chi connectivity index (χ3v) is 4.66. The fourth-order valence-corrected chi connectivity index (χ4v) is 3.19. The number of carbonyl (C=O) groups excluding carboxylic acids is 1. The molecule has 0 unspecified atom stereocenters. The highest BCUT2D eigenvalue weighted by atomic mass is 16.5. The fourth-order valence-electron chi connectivity index (χ4n) is 3.19. The van der Waals surface area contributed by atoms with Gasteiger partial charge in [0.15, 0.2) is 0 Å². The molecule has 0 spiro atoms. The normalized spacial score (nSPS) is 15.8. The molecule has 5 heteroatoms. The average molecular weight is 321 g/mol. The van der Waals surface area contributed by atoms with E-state index in [1.807, 2.05) is 29.2 Å². The van der Waals surface area contributed by atoms with Crippen molar-refractivity contribution in [2.75, 3.05) is 47.6 Å². The number of methoxy groups -OCH3 is 3. The van der Waals surface area contributed by atoms with Crippen molar-refractivity contribution in [3.05, 3.63) is 29.8 Å². The molecule has 0 bridgehead atoms. The van der Waals surface area contributed by atoms with Gasteiger partial charge in [0.05, 0.1) is 25.7 Å². The summed E-state index contributed by atoms with van der Waals surface area (Å²) in [5, 5.41) is 0. The van der Waals surface area contributed by atoms with E-state index in [2.05, 4.69) is 0 Å². The monoisotopic (exact) mass is 321 g/mol. The van der Waals surface area contributed by atoms with E-state index in [-0.39, 0.29) is 5.91 Å². The lowest BCUT2D eigenvalue weighted by atomic mass is 9.63. The largest absolute Gasteiger partial charge is 0.496 e. The molecule has 1 fully saturated rings. The number of para-hydroxylation sites is 1. The second kappa shape index (κ2) is 8.31. The van der Waals surface area contributed by atoms with E-state index in [0.29, 0.717) is 26.3 Å². The predicted octanol–water partition coefficient (Wildman–Crippen LogP) is 2.24. The molecule has 23 heavy (non-hydrogen) atoms. The third kappa shape index (κ3) is 3.67. The Morgan fingerprint density at radius 2 is 1.70 bits per heavy atom. The van der Waals surface area contributed by atoms with Crippen LogP contribution in [0.5, 0.6) is 5.75 Å². The average Bonchev–Trinajstić information content (AvgIpc) is 2.54. The summed E-state index contributed by atoms with van der Waals surface area (Å²) in [6.07, 6.45) is 2.79. The van der Waals surface area contributed by atoms with Crippen LogP contribution in [0, 0.1) is 0 Å². The molecule has 5 nitrogen and oxygen atoms in total. The molecule has 2 rings (SSSR count). The van der Waals surface area contributed by atoms with Crippen molar-refractivity contribution >= 4 is 5.91 Å². The first-order valence-electron chi connectivity index (χ1n) is 8.10. The Morgan fingerprint density at radius 1 is 1.09 bits per heavy atom. The van der Waals surface area contributed by atoms with Crippen LogP contribution in [0.4, 0.5) is 0 Å². The van der Waals surface area contributed by atoms with Crippen molar-refractivity contribution in [1.82, 2.24) is 4.90 Å². The summed E-state index contributed by atoms with van der Waals surface area (Å²) in [6.45, 7) is 2.21. The van der Waals surface area contributed by atoms with Gasteiger partial charge in [-0.15, -0.1) is 0 Å². The highest BCUT2D eigenvalue weighted by Gasteiger charge is 2.49. The SMILES string of the molecule is COCCN(CCOC)C(=O)C1(c2ccccc2OC)CCC1. The van der Waals surface area contributed by atoms with Crippen molar-refractivity contribution in [2.24, 2.45) is 0 Å². The van der Waals surface area contributed by atoms with Gasteiger partial charge in [-0.3, -0.25) is 4.79 Å². The van der Waals surface area contributed by atoms with Crippen LogP contribution in [-0.2, 0) is 19.7 Å². The molecule has 0 aromatic heterocycles. The maximum atomic E-state index is 13.3. The predicted molar refractivity (Wildman–Crippen MR) is 88.9 cm³/mol. The molecule has 0 heterocycles. The molecular formula is C18H27NO4. The Balaban J connectivity index is 2.27. The van der Waals surface area contributed by atoms with Gasteiger partial charge >= 0.3 is 0 Å². The molecule has 0 saturated heterocycles. The van der Waals surface area contributed by atoms with E-state index in [4.69, 9.17) is 14.2 Å². The molecule has 1 aliphatic carbocycles. The minimum Gasteiger partial charge on any atom is -0.496 e. The third-order valence-electron chi connectivity index (χ3n) is 4.66. The van der Waals surface area contributed by atoms with Crippen LogP contribution in [0.2, 0.25) is 0 Å². The standard InChI is InChI=1S/C18H27NO4/c1-21-13-11-19(12-14-22-2)17(20)18(9-6-10-18)15-7-4-5-8-16(15)23-3/h4-5,7-8H,6,9-14H2,1-3H3. The maximum absolute atomic E-state index is 13.3. The summed E-state index contributed by atoms with van der Waals surface area (Å²) in [4.78, 5) is 15.1. The van der Waals surface area contributed by atoms with Crippen molar-refractivity contribution in [3.63, 3.8) is 0 Å².